The third-order valence-corrected chi connectivity index (χ3v) is 4.77. The summed E-state index contributed by atoms with van der Waals surface area (Å²) in [6.07, 6.45) is 4.12. The van der Waals surface area contributed by atoms with Crippen molar-refractivity contribution in [3.05, 3.63) is 46.2 Å². The highest BCUT2D eigenvalue weighted by Crippen LogP contribution is 2.25. The van der Waals surface area contributed by atoms with Gasteiger partial charge in [-0.05, 0) is 59.1 Å². The van der Waals surface area contributed by atoms with Crippen molar-refractivity contribution < 1.29 is 9.53 Å². The number of hydrogen-bond donors (Lipinski definition) is 2. The molecule has 1 aromatic carbocycles. The van der Waals surface area contributed by atoms with Gasteiger partial charge in [-0.3, -0.25) is 9.48 Å². The summed E-state index contributed by atoms with van der Waals surface area (Å²) in [6.45, 7) is 2.41. The average molecular weight is 430 g/mol. The predicted octanol–water partition coefficient (Wildman–Crippen LogP) is 2.93. The lowest BCUT2D eigenvalue weighted by Crippen LogP contribution is -2.32. The third kappa shape index (κ3) is 4.96. The maximum Gasteiger partial charge on any atom is 0.272 e. The monoisotopic (exact) mass is 428 g/mol. The zero-order valence-corrected chi connectivity index (χ0v) is 16.4. The Kier molecular flexibility index (Phi) is 7.28. The Morgan fingerprint density at radius 2 is 2.32 bits per heavy atom. The zero-order valence-electron chi connectivity index (χ0n) is 14.0. The number of carbonyl (C=O) groups excluding carboxylic acids is 1. The molecule has 1 aromatic heterocycles. The normalized spacial score (nSPS) is 16.8. The number of benzene rings is 1. The molecule has 1 unspecified atom stereocenters. The van der Waals surface area contributed by atoms with Crippen LogP contribution in [0.4, 0.5) is 0 Å². The fraction of sp³-hybridized carbons (Fsp3) is 0.412. The molecule has 1 aliphatic rings. The molecule has 1 saturated heterocycles. The van der Waals surface area contributed by atoms with Crippen LogP contribution in [0.1, 0.15) is 34.9 Å². The third-order valence-electron chi connectivity index (χ3n) is 4.16. The second kappa shape index (κ2) is 9.22. The molecule has 2 heterocycles. The molecule has 2 aromatic rings. The highest BCUT2D eigenvalue weighted by Gasteiger charge is 2.17. The quantitative estimate of drug-likeness (QED) is 0.767. The van der Waals surface area contributed by atoms with Gasteiger partial charge in [0.15, 0.2) is 0 Å². The second-order valence-corrected chi connectivity index (χ2v) is 6.69. The maximum atomic E-state index is 12.3. The van der Waals surface area contributed by atoms with Gasteiger partial charge in [0, 0.05) is 19.3 Å². The Labute approximate surface area is 161 Å². The molecule has 2 N–H and O–H groups in total. The first-order chi connectivity index (χ1) is 11.7. The summed E-state index contributed by atoms with van der Waals surface area (Å²) < 4.78 is 7.96. The van der Waals surface area contributed by atoms with Crippen molar-refractivity contribution in [2.24, 2.45) is 0 Å². The molecule has 1 aliphatic heterocycles. The molecule has 0 spiro atoms. The Bertz CT molecular complexity index is 716. The van der Waals surface area contributed by atoms with Gasteiger partial charge in [0.25, 0.3) is 5.91 Å². The molecule has 0 aliphatic carbocycles. The van der Waals surface area contributed by atoms with Gasteiger partial charge in [-0.2, -0.15) is 5.10 Å². The molecule has 0 bridgehead atoms. The van der Waals surface area contributed by atoms with Gasteiger partial charge in [-0.1, -0.05) is 6.07 Å². The van der Waals surface area contributed by atoms with E-state index in [2.05, 4.69) is 31.7 Å². The number of ether oxygens (including phenoxy) is 1. The number of aromatic nitrogens is 2. The maximum absolute atomic E-state index is 12.3. The van der Waals surface area contributed by atoms with E-state index in [1.54, 1.807) is 13.2 Å². The first-order valence-electron chi connectivity index (χ1n) is 8.04. The van der Waals surface area contributed by atoms with E-state index >= 15 is 0 Å². The molecule has 6 nitrogen and oxygen atoms in total. The smallest absolute Gasteiger partial charge is 0.272 e. The lowest BCUT2D eigenvalue weighted by atomic mass is 10.1. The Balaban J connectivity index is 0.00000225. The fourth-order valence-electron chi connectivity index (χ4n) is 2.81. The molecule has 3 rings (SSSR count). The zero-order chi connectivity index (χ0) is 16.9. The number of piperidine rings is 1. The number of methoxy groups -OCH3 is 1. The van der Waals surface area contributed by atoms with E-state index in [0.29, 0.717) is 18.3 Å². The van der Waals surface area contributed by atoms with Crippen LogP contribution in [-0.4, -0.2) is 35.9 Å². The number of hydrogen-bond acceptors (Lipinski definition) is 4. The Morgan fingerprint density at radius 1 is 1.48 bits per heavy atom. The van der Waals surface area contributed by atoms with Crippen LogP contribution in [0.2, 0.25) is 0 Å². The first kappa shape index (κ1) is 19.8. The minimum absolute atomic E-state index is 0. The van der Waals surface area contributed by atoms with E-state index in [4.69, 9.17) is 4.74 Å². The lowest BCUT2D eigenvalue weighted by Gasteiger charge is -2.22. The summed E-state index contributed by atoms with van der Waals surface area (Å²) in [5.41, 5.74) is 1.44. The van der Waals surface area contributed by atoms with Crippen molar-refractivity contribution in [2.75, 3.05) is 20.2 Å². The van der Waals surface area contributed by atoms with E-state index in [1.165, 1.54) is 0 Å². The fourth-order valence-corrected chi connectivity index (χ4v) is 3.40. The molecule has 0 saturated carbocycles. The minimum atomic E-state index is -0.163. The largest absolute Gasteiger partial charge is 0.496 e. The van der Waals surface area contributed by atoms with Crippen LogP contribution in [-0.2, 0) is 6.54 Å². The van der Waals surface area contributed by atoms with Crippen LogP contribution in [0.5, 0.6) is 5.75 Å². The van der Waals surface area contributed by atoms with Crippen LogP contribution in [0.3, 0.4) is 0 Å². The number of amides is 1. The van der Waals surface area contributed by atoms with Crippen LogP contribution >= 0.6 is 28.3 Å². The van der Waals surface area contributed by atoms with E-state index in [0.717, 1.165) is 41.7 Å². The van der Waals surface area contributed by atoms with Gasteiger partial charge >= 0.3 is 0 Å². The molecule has 8 heteroatoms. The van der Waals surface area contributed by atoms with Crippen molar-refractivity contribution >= 4 is 34.2 Å². The van der Waals surface area contributed by atoms with E-state index in [-0.39, 0.29) is 18.3 Å². The van der Waals surface area contributed by atoms with Crippen molar-refractivity contribution in [3.63, 3.8) is 0 Å². The van der Waals surface area contributed by atoms with Crippen molar-refractivity contribution in [3.8, 4) is 5.75 Å². The van der Waals surface area contributed by atoms with Gasteiger partial charge in [0.1, 0.15) is 11.4 Å². The predicted molar refractivity (Wildman–Crippen MR) is 102 cm³/mol. The SMILES string of the molecule is COc1ccc(CNC(=O)c2ccn(C3CCCNC3)n2)cc1Br.Cl. The van der Waals surface area contributed by atoms with Crippen LogP contribution < -0.4 is 15.4 Å². The highest BCUT2D eigenvalue weighted by molar-refractivity contribution is 9.10. The summed E-state index contributed by atoms with van der Waals surface area (Å²) >= 11 is 3.45. The Morgan fingerprint density at radius 3 is 3.00 bits per heavy atom. The van der Waals surface area contributed by atoms with Crippen molar-refractivity contribution in [1.82, 2.24) is 20.4 Å². The van der Waals surface area contributed by atoms with E-state index in [1.807, 2.05) is 29.1 Å². The van der Waals surface area contributed by atoms with E-state index in [9.17, 15) is 4.79 Å². The average Bonchev–Trinajstić information content (AvgIpc) is 3.11. The molecule has 136 valence electrons. The van der Waals surface area contributed by atoms with Gasteiger partial charge in [-0.25, -0.2) is 0 Å². The summed E-state index contributed by atoms with van der Waals surface area (Å²) in [4.78, 5) is 12.3. The lowest BCUT2D eigenvalue weighted by molar-refractivity contribution is 0.0944. The summed E-state index contributed by atoms with van der Waals surface area (Å²) in [5.74, 6) is 0.606. The number of nitrogens with zero attached hydrogens (tertiary/aromatic N) is 2. The van der Waals surface area contributed by atoms with Crippen LogP contribution in [0.15, 0.2) is 34.9 Å². The minimum Gasteiger partial charge on any atom is -0.496 e. The standard InChI is InChI=1S/C17H21BrN4O2.ClH/c1-24-16-5-4-12(9-14(16)18)10-20-17(23)15-6-8-22(21-15)13-3-2-7-19-11-13;/h4-6,8-9,13,19H,2-3,7,10-11H2,1H3,(H,20,23);1H. The van der Waals surface area contributed by atoms with Gasteiger partial charge < -0.3 is 15.4 Å². The van der Waals surface area contributed by atoms with Crippen molar-refractivity contribution in [1.29, 1.82) is 0 Å². The van der Waals surface area contributed by atoms with Crippen molar-refractivity contribution in [2.45, 2.75) is 25.4 Å². The molecule has 25 heavy (non-hydrogen) atoms. The van der Waals surface area contributed by atoms with Crippen LogP contribution in [0, 0.1) is 0 Å². The molecule has 0 radical (unpaired) electrons. The summed E-state index contributed by atoms with van der Waals surface area (Å²) in [5, 5.41) is 10.7. The summed E-state index contributed by atoms with van der Waals surface area (Å²) in [6, 6.07) is 7.84. The molecule has 1 amide bonds. The molecular weight excluding hydrogens is 408 g/mol. The number of nitrogens with one attached hydrogen (secondary N) is 2. The highest BCUT2D eigenvalue weighted by atomic mass is 79.9. The van der Waals surface area contributed by atoms with Crippen LogP contribution in [0.25, 0.3) is 0 Å². The summed E-state index contributed by atoms with van der Waals surface area (Å²) in [7, 11) is 1.62. The number of halogens is 2. The topological polar surface area (TPSA) is 68.2 Å². The molecular formula is C17H22BrClN4O2. The Hall–Kier alpha value is -1.57. The van der Waals surface area contributed by atoms with Gasteiger partial charge in [-0.15, -0.1) is 12.4 Å². The second-order valence-electron chi connectivity index (χ2n) is 5.83. The number of rotatable bonds is 5. The number of carbonyl (C=O) groups is 1. The van der Waals surface area contributed by atoms with Gasteiger partial charge in [0.2, 0.25) is 0 Å². The first-order valence-corrected chi connectivity index (χ1v) is 8.83. The molecule has 1 fully saturated rings. The van der Waals surface area contributed by atoms with Gasteiger partial charge in [0.05, 0.1) is 17.6 Å². The van der Waals surface area contributed by atoms with E-state index < -0.39 is 0 Å². The molecule has 1 atom stereocenters.